The Hall–Kier alpha value is -1.66. The molecule has 1 aliphatic carbocycles. The number of carbonyl (C=O) groups is 1. The number of carbonyl (C=O) groups excluding carboxylic acids is 1. The molecule has 0 bridgehead atoms. The molecule has 0 atom stereocenters. The maximum atomic E-state index is 12.3. The maximum absolute atomic E-state index is 12.3. The molecule has 0 heterocycles. The van der Waals surface area contributed by atoms with Crippen LogP contribution in [0.5, 0.6) is 0 Å². The average molecular weight is 365 g/mol. The summed E-state index contributed by atoms with van der Waals surface area (Å²) in [6.45, 7) is 2.99. The monoisotopic (exact) mass is 364 g/mol. The van der Waals surface area contributed by atoms with E-state index in [2.05, 4.69) is 16.1 Å². The largest absolute Gasteiger partial charge is 0.352 e. The van der Waals surface area contributed by atoms with Crippen LogP contribution in [-0.2, 0) is 10.0 Å². The molecule has 1 aromatic carbocycles. The van der Waals surface area contributed by atoms with Gasteiger partial charge >= 0.3 is 0 Å². The Morgan fingerprint density at radius 1 is 1.20 bits per heavy atom. The number of benzene rings is 1. The van der Waals surface area contributed by atoms with Crippen molar-refractivity contribution in [2.75, 3.05) is 13.1 Å². The highest BCUT2D eigenvalue weighted by Gasteiger charge is 2.15. The van der Waals surface area contributed by atoms with Crippen molar-refractivity contribution < 1.29 is 13.2 Å². The normalized spacial score (nSPS) is 14.8. The zero-order valence-corrected chi connectivity index (χ0v) is 15.7. The third-order valence-corrected chi connectivity index (χ3v) is 5.80. The summed E-state index contributed by atoms with van der Waals surface area (Å²) in [7, 11) is -3.57. The van der Waals surface area contributed by atoms with E-state index in [0.717, 1.165) is 32.1 Å². The molecule has 0 saturated carbocycles. The van der Waals surface area contributed by atoms with Crippen LogP contribution in [0.25, 0.3) is 0 Å². The second kappa shape index (κ2) is 9.73. The molecule has 5 nitrogen and oxygen atoms in total. The van der Waals surface area contributed by atoms with E-state index in [0.29, 0.717) is 18.7 Å². The molecule has 0 aliphatic heterocycles. The van der Waals surface area contributed by atoms with Gasteiger partial charge in [0.25, 0.3) is 5.91 Å². The lowest BCUT2D eigenvalue weighted by Gasteiger charge is -2.13. The Balaban J connectivity index is 1.92. The first-order valence-electron chi connectivity index (χ1n) is 9.09. The van der Waals surface area contributed by atoms with Gasteiger partial charge in [-0.15, -0.1) is 0 Å². The van der Waals surface area contributed by atoms with Crippen LogP contribution in [-0.4, -0.2) is 27.4 Å². The summed E-state index contributed by atoms with van der Waals surface area (Å²) in [5, 5.41) is 2.88. The summed E-state index contributed by atoms with van der Waals surface area (Å²) in [6.07, 6.45) is 9.57. The maximum Gasteiger partial charge on any atom is 0.251 e. The van der Waals surface area contributed by atoms with E-state index in [1.807, 2.05) is 6.92 Å². The topological polar surface area (TPSA) is 75.3 Å². The third-order valence-electron chi connectivity index (χ3n) is 4.35. The predicted octanol–water partition coefficient (Wildman–Crippen LogP) is 3.39. The van der Waals surface area contributed by atoms with Crippen LogP contribution in [0.4, 0.5) is 0 Å². The molecular weight excluding hydrogens is 336 g/mol. The SMILES string of the molecule is CCCCNS(=O)(=O)c1cccc(C(=O)NCCC2=CCCCC2)c1. The Morgan fingerprint density at radius 2 is 2.04 bits per heavy atom. The molecule has 0 radical (unpaired) electrons. The van der Waals surface area contributed by atoms with Crippen LogP contribution in [0.1, 0.15) is 62.2 Å². The van der Waals surface area contributed by atoms with Crippen molar-refractivity contribution in [2.45, 2.75) is 56.8 Å². The lowest BCUT2D eigenvalue weighted by atomic mass is 9.97. The molecule has 0 aromatic heterocycles. The van der Waals surface area contributed by atoms with Crippen LogP contribution in [0.2, 0.25) is 0 Å². The van der Waals surface area contributed by atoms with Crippen LogP contribution in [0.3, 0.4) is 0 Å². The van der Waals surface area contributed by atoms with E-state index < -0.39 is 10.0 Å². The van der Waals surface area contributed by atoms with E-state index in [9.17, 15) is 13.2 Å². The zero-order chi connectivity index (χ0) is 18.1. The number of rotatable bonds is 9. The minimum atomic E-state index is -3.57. The fourth-order valence-corrected chi connectivity index (χ4v) is 3.96. The van der Waals surface area contributed by atoms with Crippen molar-refractivity contribution >= 4 is 15.9 Å². The standard InChI is InChI=1S/C19H28N2O3S/c1-2-3-13-21-25(23,24)18-11-7-10-17(15-18)19(22)20-14-12-16-8-5-4-6-9-16/h7-8,10-11,15,21H,2-6,9,12-14H2,1H3,(H,20,22). The Morgan fingerprint density at radius 3 is 2.76 bits per heavy atom. The number of amides is 1. The summed E-state index contributed by atoms with van der Waals surface area (Å²) < 4.78 is 27.1. The van der Waals surface area contributed by atoms with Crippen molar-refractivity contribution in [3.8, 4) is 0 Å². The van der Waals surface area contributed by atoms with Gasteiger partial charge in [-0.1, -0.05) is 31.1 Å². The summed E-state index contributed by atoms with van der Waals surface area (Å²) in [4.78, 5) is 12.4. The van der Waals surface area contributed by atoms with Gasteiger partial charge in [-0.05, 0) is 56.7 Å². The number of hydrogen-bond donors (Lipinski definition) is 2. The molecule has 2 rings (SSSR count). The molecule has 138 valence electrons. The van der Waals surface area contributed by atoms with Crippen LogP contribution in [0, 0.1) is 0 Å². The van der Waals surface area contributed by atoms with Crippen molar-refractivity contribution in [1.29, 1.82) is 0 Å². The van der Waals surface area contributed by atoms with Gasteiger partial charge in [0, 0.05) is 18.7 Å². The molecular formula is C19H28N2O3S. The molecule has 0 fully saturated rings. The van der Waals surface area contributed by atoms with E-state index in [1.54, 1.807) is 12.1 Å². The molecule has 0 unspecified atom stereocenters. The van der Waals surface area contributed by atoms with E-state index in [-0.39, 0.29) is 10.8 Å². The quantitative estimate of drug-likeness (QED) is 0.521. The number of unbranched alkanes of at least 4 members (excludes halogenated alkanes) is 1. The summed E-state index contributed by atoms with van der Waals surface area (Å²) in [6, 6.07) is 6.19. The minimum Gasteiger partial charge on any atom is -0.352 e. The zero-order valence-electron chi connectivity index (χ0n) is 14.9. The summed E-state index contributed by atoms with van der Waals surface area (Å²) in [5.41, 5.74) is 1.78. The fourth-order valence-electron chi connectivity index (χ4n) is 2.84. The fraction of sp³-hybridized carbons (Fsp3) is 0.526. The Bertz CT molecular complexity index is 711. The highest BCUT2D eigenvalue weighted by atomic mass is 32.2. The first-order valence-corrected chi connectivity index (χ1v) is 10.6. The van der Waals surface area contributed by atoms with Crippen molar-refractivity contribution in [3.05, 3.63) is 41.5 Å². The molecule has 1 amide bonds. The smallest absolute Gasteiger partial charge is 0.251 e. The van der Waals surface area contributed by atoms with Gasteiger partial charge in [-0.25, -0.2) is 13.1 Å². The molecule has 6 heteroatoms. The minimum absolute atomic E-state index is 0.131. The van der Waals surface area contributed by atoms with Crippen molar-refractivity contribution in [3.63, 3.8) is 0 Å². The molecule has 1 aromatic rings. The summed E-state index contributed by atoms with van der Waals surface area (Å²) in [5.74, 6) is -0.234. The van der Waals surface area contributed by atoms with E-state index in [4.69, 9.17) is 0 Å². The third kappa shape index (κ3) is 6.29. The van der Waals surface area contributed by atoms with Gasteiger partial charge in [0.05, 0.1) is 4.90 Å². The number of allylic oxidation sites excluding steroid dienone is 1. The van der Waals surface area contributed by atoms with Crippen LogP contribution in [0.15, 0.2) is 40.8 Å². The van der Waals surface area contributed by atoms with Gasteiger partial charge in [-0.3, -0.25) is 4.79 Å². The first-order chi connectivity index (χ1) is 12.0. The van der Waals surface area contributed by atoms with E-state index in [1.165, 1.54) is 30.5 Å². The van der Waals surface area contributed by atoms with Crippen molar-refractivity contribution in [2.24, 2.45) is 0 Å². The highest BCUT2D eigenvalue weighted by Crippen LogP contribution is 2.19. The van der Waals surface area contributed by atoms with Crippen LogP contribution < -0.4 is 10.0 Å². The highest BCUT2D eigenvalue weighted by molar-refractivity contribution is 7.89. The molecule has 0 saturated heterocycles. The van der Waals surface area contributed by atoms with E-state index >= 15 is 0 Å². The Kier molecular flexibility index (Phi) is 7.65. The average Bonchev–Trinajstić information content (AvgIpc) is 2.63. The predicted molar refractivity (Wildman–Crippen MR) is 100 cm³/mol. The number of hydrogen-bond acceptors (Lipinski definition) is 3. The van der Waals surface area contributed by atoms with Crippen LogP contribution >= 0.6 is 0 Å². The van der Waals surface area contributed by atoms with Gasteiger partial charge in [0.1, 0.15) is 0 Å². The van der Waals surface area contributed by atoms with Gasteiger partial charge in [0.15, 0.2) is 0 Å². The molecule has 2 N–H and O–H groups in total. The number of nitrogens with one attached hydrogen (secondary N) is 2. The van der Waals surface area contributed by atoms with Crippen molar-refractivity contribution in [1.82, 2.24) is 10.0 Å². The molecule has 1 aliphatic rings. The molecule has 0 spiro atoms. The first kappa shape index (κ1) is 19.7. The lowest BCUT2D eigenvalue weighted by Crippen LogP contribution is -2.27. The lowest BCUT2D eigenvalue weighted by molar-refractivity contribution is 0.0954. The Labute approximate surface area is 151 Å². The second-order valence-corrected chi connectivity index (χ2v) is 8.16. The summed E-state index contributed by atoms with van der Waals surface area (Å²) >= 11 is 0. The van der Waals surface area contributed by atoms with Gasteiger partial charge in [-0.2, -0.15) is 0 Å². The van der Waals surface area contributed by atoms with Gasteiger partial charge in [0.2, 0.25) is 10.0 Å². The number of sulfonamides is 1. The molecule has 25 heavy (non-hydrogen) atoms. The van der Waals surface area contributed by atoms with Gasteiger partial charge < -0.3 is 5.32 Å². The second-order valence-electron chi connectivity index (χ2n) is 6.39.